The fraction of sp³-hybridized carbons (Fsp3) is 0.406. The van der Waals surface area contributed by atoms with E-state index in [9.17, 15) is 19.8 Å². The van der Waals surface area contributed by atoms with Crippen molar-refractivity contribution in [3.8, 4) is 11.5 Å². The van der Waals surface area contributed by atoms with Gasteiger partial charge < -0.3 is 19.7 Å². The highest BCUT2D eigenvalue weighted by Crippen LogP contribution is 2.53. The van der Waals surface area contributed by atoms with Gasteiger partial charge in [-0.3, -0.25) is 14.6 Å². The second kappa shape index (κ2) is 11.1. The molecule has 0 fully saturated rings. The standard InChI is InChI=1S/C32H35NO6/c1-4-5-6-22-9-11-24-28(20-8-12-25-26(16-20)39-17-38-25)30(32(36)37)29(31(24)33-22)23-10-7-18(2)13-21(23)14-19(3)15-27(34)35/h7-13,16,19,28-30H,4-6,14-15,17H2,1-3H3,(H,34,35)(H,36,37)/t19-,28-,29-,30?/m0/s1. The van der Waals surface area contributed by atoms with Gasteiger partial charge in [0.25, 0.3) is 0 Å². The van der Waals surface area contributed by atoms with Crippen molar-refractivity contribution < 1.29 is 29.3 Å². The molecule has 2 aliphatic rings. The maximum Gasteiger partial charge on any atom is 0.308 e. The van der Waals surface area contributed by atoms with Crippen molar-refractivity contribution in [1.29, 1.82) is 0 Å². The molecular formula is C32H35NO6. The number of benzene rings is 2. The molecule has 0 saturated carbocycles. The first-order chi connectivity index (χ1) is 18.8. The van der Waals surface area contributed by atoms with E-state index in [-0.39, 0.29) is 19.1 Å². The number of unbranched alkanes of at least 4 members (excludes halogenated alkanes) is 1. The van der Waals surface area contributed by atoms with Gasteiger partial charge in [-0.15, -0.1) is 0 Å². The lowest BCUT2D eigenvalue weighted by Crippen LogP contribution is -2.25. The predicted octanol–water partition coefficient (Wildman–Crippen LogP) is 6.09. The minimum Gasteiger partial charge on any atom is -0.481 e. The first-order valence-corrected chi connectivity index (χ1v) is 13.7. The van der Waals surface area contributed by atoms with Gasteiger partial charge in [-0.1, -0.05) is 56.2 Å². The number of aliphatic carboxylic acids is 2. The fourth-order valence-electron chi connectivity index (χ4n) is 6.17. The van der Waals surface area contributed by atoms with E-state index in [0.29, 0.717) is 17.9 Å². The number of hydrogen-bond donors (Lipinski definition) is 2. The van der Waals surface area contributed by atoms with Gasteiger partial charge in [-0.25, -0.2) is 0 Å². The summed E-state index contributed by atoms with van der Waals surface area (Å²) in [5.41, 5.74) is 6.48. The SMILES string of the molecule is CCCCc1ccc2c(n1)[C@@H](c1ccc(C)cc1C[C@H](C)CC(=O)O)C(C(=O)O)[C@H]2c1ccc2c(c1)OCO2. The first-order valence-electron chi connectivity index (χ1n) is 13.7. The number of carbonyl (C=O) groups is 2. The van der Waals surface area contributed by atoms with E-state index >= 15 is 0 Å². The number of ether oxygens (including phenoxy) is 2. The summed E-state index contributed by atoms with van der Waals surface area (Å²) in [4.78, 5) is 29.6. The monoisotopic (exact) mass is 529 g/mol. The minimum absolute atomic E-state index is 0.0518. The summed E-state index contributed by atoms with van der Waals surface area (Å²) in [6.45, 7) is 6.22. The minimum atomic E-state index is -0.888. The van der Waals surface area contributed by atoms with E-state index in [2.05, 4.69) is 19.1 Å². The van der Waals surface area contributed by atoms with E-state index < -0.39 is 29.7 Å². The Hall–Kier alpha value is -3.87. The summed E-state index contributed by atoms with van der Waals surface area (Å²) in [5.74, 6) is -2.23. The quantitative estimate of drug-likeness (QED) is 0.327. The molecule has 39 heavy (non-hydrogen) atoms. The zero-order valence-corrected chi connectivity index (χ0v) is 22.6. The Kier molecular flexibility index (Phi) is 7.60. The van der Waals surface area contributed by atoms with E-state index in [4.69, 9.17) is 14.5 Å². The van der Waals surface area contributed by atoms with Crippen molar-refractivity contribution in [2.24, 2.45) is 11.8 Å². The summed E-state index contributed by atoms with van der Waals surface area (Å²) < 4.78 is 11.1. The normalized spacial score (nSPS) is 20.0. The molecule has 1 aromatic heterocycles. The van der Waals surface area contributed by atoms with Crippen molar-refractivity contribution in [1.82, 2.24) is 4.98 Å². The molecule has 2 heterocycles. The van der Waals surface area contributed by atoms with Crippen LogP contribution in [-0.2, 0) is 22.4 Å². The van der Waals surface area contributed by atoms with Crippen LogP contribution >= 0.6 is 0 Å². The molecule has 4 atom stereocenters. The summed E-state index contributed by atoms with van der Waals surface area (Å²) in [5, 5.41) is 20.1. The van der Waals surface area contributed by atoms with E-state index in [1.807, 2.05) is 50.2 Å². The van der Waals surface area contributed by atoms with Crippen LogP contribution in [0.25, 0.3) is 0 Å². The fourth-order valence-corrected chi connectivity index (χ4v) is 6.17. The van der Waals surface area contributed by atoms with Crippen molar-refractivity contribution in [3.63, 3.8) is 0 Å². The molecule has 0 saturated heterocycles. The van der Waals surface area contributed by atoms with Crippen molar-refractivity contribution in [2.45, 2.75) is 64.7 Å². The van der Waals surface area contributed by atoms with Gasteiger partial charge in [0.1, 0.15) is 0 Å². The van der Waals surface area contributed by atoms with Gasteiger partial charge >= 0.3 is 11.9 Å². The zero-order valence-electron chi connectivity index (χ0n) is 22.6. The third kappa shape index (κ3) is 5.35. The Morgan fingerprint density at radius 3 is 2.51 bits per heavy atom. The molecule has 1 unspecified atom stereocenters. The van der Waals surface area contributed by atoms with Crippen LogP contribution in [0.15, 0.2) is 48.5 Å². The van der Waals surface area contributed by atoms with Crippen LogP contribution in [0.3, 0.4) is 0 Å². The highest BCUT2D eigenvalue weighted by atomic mass is 16.7. The number of pyridine rings is 1. The molecule has 3 aromatic rings. The summed E-state index contributed by atoms with van der Waals surface area (Å²) in [6.07, 6.45) is 3.48. The van der Waals surface area contributed by atoms with Crippen molar-refractivity contribution in [3.05, 3.63) is 87.7 Å². The van der Waals surface area contributed by atoms with Gasteiger partial charge in [0.15, 0.2) is 11.5 Å². The number of rotatable bonds is 10. The molecule has 0 bridgehead atoms. The maximum absolute atomic E-state index is 13.1. The van der Waals surface area contributed by atoms with Crippen molar-refractivity contribution >= 4 is 11.9 Å². The third-order valence-electron chi connectivity index (χ3n) is 7.92. The molecule has 0 radical (unpaired) electrons. The summed E-state index contributed by atoms with van der Waals surface area (Å²) >= 11 is 0. The highest BCUT2D eigenvalue weighted by Gasteiger charge is 2.48. The van der Waals surface area contributed by atoms with Gasteiger partial charge in [0.2, 0.25) is 6.79 Å². The number of hydrogen-bond acceptors (Lipinski definition) is 5. The second-order valence-corrected chi connectivity index (χ2v) is 10.9. The molecule has 7 heteroatoms. The maximum atomic E-state index is 13.1. The average molecular weight is 530 g/mol. The topological polar surface area (TPSA) is 106 Å². The molecule has 5 rings (SSSR count). The van der Waals surface area contributed by atoms with Crippen LogP contribution in [-0.4, -0.2) is 33.9 Å². The Morgan fingerprint density at radius 2 is 1.77 bits per heavy atom. The number of aromatic nitrogens is 1. The molecule has 1 aliphatic carbocycles. The highest BCUT2D eigenvalue weighted by molar-refractivity contribution is 5.77. The molecule has 7 nitrogen and oxygen atoms in total. The largest absolute Gasteiger partial charge is 0.481 e. The van der Waals surface area contributed by atoms with Gasteiger partial charge in [0, 0.05) is 24.0 Å². The van der Waals surface area contributed by atoms with Gasteiger partial charge in [0.05, 0.1) is 11.6 Å². The van der Waals surface area contributed by atoms with Crippen molar-refractivity contribution in [2.75, 3.05) is 6.79 Å². The summed E-state index contributed by atoms with van der Waals surface area (Å²) in [7, 11) is 0. The van der Waals surface area contributed by atoms with E-state index in [1.165, 1.54) is 0 Å². The van der Waals surface area contributed by atoms with Crippen LogP contribution in [0.1, 0.15) is 84.2 Å². The Balaban J connectivity index is 1.67. The van der Waals surface area contributed by atoms with Crippen LogP contribution < -0.4 is 9.47 Å². The average Bonchev–Trinajstić information content (AvgIpc) is 3.49. The lowest BCUT2D eigenvalue weighted by atomic mass is 9.77. The number of carboxylic acids is 2. The second-order valence-electron chi connectivity index (χ2n) is 10.9. The molecule has 204 valence electrons. The van der Waals surface area contributed by atoms with Crippen LogP contribution in [0.4, 0.5) is 0 Å². The lowest BCUT2D eigenvalue weighted by molar-refractivity contribution is -0.142. The Labute approximate surface area is 228 Å². The van der Waals surface area contributed by atoms with Gasteiger partial charge in [-0.2, -0.15) is 0 Å². The molecular weight excluding hydrogens is 494 g/mol. The molecule has 0 spiro atoms. The first kappa shape index (κ1) is 26.7. The number of fused-ring (bicyclic) bond motifs is 2. The van der Waals surface area contributed by atoms with Crippen LogP contribution in [0.5, 0.6) is 11.5 Å². The smallest absolute Gasteiger partial charge is 0.308 e. The van der Waals surface area contributed by atoms with E-state index in [0.717, 1.165) is 58.5 Å². The number of carboxylic acid groups (broad SMARTS) is 2. The third-order valence-corrected chi connectivity index (χ3v) is 7.92. The number of nitrogens with zero attached hydrogens (tertiary/aromatic N) is 1. The summed E-state index contributed by atoms with van der Waals surface area (Å²) in [6, 6.07) is 15.8. The Bertz CT molecular complexity index is 1400. The van der Waals surface area contributed by atoms with Gasteiger partial charge in [-0.05, 0) is 72.6 Å². The van der Waals surface area contributed by atoms with E-state index in [1.54, 1.807) is 0 Å². The Morgan fingerprint density at radius 1 is 1.00 bits per heavy atom. The predicted molar refractivity (Wildman–Crippen MR) is 147 cm³/mol. The lowest BCUT2D eigenvalue weighted by Gasteiger charge is -2.25. The van der Waals surface area contributed by atoms with Crippen LogP contribution in [0, 0.1) is 18.8 Å². The molecule has 0 amide bonds. The number of aryl methyl sites for hydroxylation is 2. The molecule has 2 aromatic carbocycles. The zero-order chi connectivity index (χ0) is 27.7. The molecule has 1 aliphatic heterocycles. The van der Waals surface area contributed by atoms with Crippen LogP contribution in [0.2, 0.25) is 0 Å². The molecule has 2 N–H and O–H groups in total.